The number of nitrogens with zero attached hydrogens (tertiary/aromatic N) is 1. The Balaban J connectivity index is 2.73. The number of rotatable bonds is 3. The summed E-state index contributed by atoms with van der Waals surface area (Å²) in [5, 5.41) is 17.0. The van der Waals surface area contributed by atoms with Gasteiger partial charge in [-0.25, -0.2) is 0 Å². The maximum atomic E-state index is 10.7. The second-order valence-electron chi connectivity index (χ2n) is 3.50. The highest BCUT2D eigenvalue weighted by atomic mass is 16.4. The number of carbonyl (C=O) groups is 1. The molecule has 16 heavy (non-hydrogen) atoms. The smallest absolute Gasteiger partial charge is 0.306 e. The van der Waals surface area contributed by atoms with E-state index in [1.165, 1.54) is 0 Å². The van der Waals surface area contributed by atoms with Crippen LogP contribution < -0.4 is 0 Å². The molecule has 0 saturated heterocycles. The van der Waals surface area contributed by atoms with Crippen LogP contribution in [0.5, 0.6) is 0 Å². The van der Waals surface area contributed by atoms with Gasteiger partial charge < -0.3 is 5.11 Å². The Bertz CT molecular complexity index is 471. The molecule has 0 aliphatic rings. The maximum absolute atomic E-state index is 10.7. The van der Waals surface area contributed by atoms with Crippen molar-refractivity contribution in [1.29, 1.82) is 5.26 Å². The van der Waals surface area contributed by atoms with Crippen molar-refractivity contribution in [3.8, 4) is 17.9 Å². The van der Waals surface area contributed by atoms with Gasteiger partial charge in [0.15, 0.2) is 6.07 Å². The highest BCUT2D eigenvalue weighted by molar-refractivity contribution is 5.69. The monoisotopic (exact) mass is 213 g/mol. The number of carboxylic acid groups (broad SMARTS) is 1. The summed E-state index contributed by atoms with van der Waals surface area (Å²) >= 11 is 0. The first-order valence-corrected chi connectivity index (χ1v) is 4.85. The first kappa shape index (κ1) is 11.8. The van der Waals surface area contributed by atoms with E-state index in [4.69, 9.17) is 10.4 Å². The molecule has 1 atom stereocenters. The minimum Gasteiger partial charge on any atom is -0.481 e. The Kier molecular flexibility index (Phi) is 4.12. The SMILES string of the molecule is CC(Cc1ccc(C#CC#N)cc1)C(=O)O. The second-order valence-corrected chi connectivity index (χ2v) is 3.50. The summed E-state index contributed by atoms with van der Waals surface area (Å²) in [6.45, 7) is 1.67. The molecular formula is C13H11NO2. The Morgan fingerprint density at radius 3 is 2.56 bits per heavy atom. The van der Waals surface area contributed by atoms with Crippen LogP contribution in [0, 0.1) is 29.1 Å². The molecule has 1 aromatic carbocycles. The molecule has 3 heteroatoms. The molecule has 0 aliphatic heterocycles. The van der Waals surface area contributed by atoms with Crippen LogP contribution in [0.25, 0.3) is 0 Å². The van der Waals surface area contributed by atoms with Crippen LogP contribution in [-0.4, -0.2) is 11.1 Å². The summed E-state index contributed by atoms with van der Waals surface area (Å²) in [4.78, 5) is 10.7. The van der Waals surface area contributed by atoms with Gasteiger partial charge in [0.05, 0.1) is 5.92 Å². The minimum atomic E-state index is -0.798. The lowest BCUT2D eigenvalue weighted by atomic mass is 10.0. The quantitative estimate of drug-likeness (QED) is 0.779. The molecule has 0 amide bonds. The van der Waals surface area contributed by atoms with Gasteiger partial charge in [-0.1, -0.05) is 25.0 Å². The van der Waals surface area contributed by atoms with Crippen molar-refractivity contribution in [2.75, 3.05) is 0 Å². The minimum absolute atomic E-state index is 0.393. The number of carboxylic acids is 1. The fourth-order valence-corrected chi connectivity index (χ4v) is 1.27. The average Bonchev–Trinajstić information content (AvgIpc) is 2.28. The standard InChI is InChI=1S/C13H11NO2/c1-10(13(15)16)9-12-6-4-11(5-7-12)3-2-8-14/h4-7,10H,9H2,1H3,(H,15,16). The van der Waals surface area contributed by atoms with Gasteiger partial charge in [0.2, 0.25) is 0 Å². The topological polar surface area (TPSA) is 61.1 Å². The summed E-state index contributed by atoms with van der Waals surface area (Å²) in [6.07, 6.45) is 0.501. The maximum Gasteiger partial charge on any atom is 0.306 e. The molecule has 0 spiro atoms. The number of hydrogen-bond donors (Lipinski definition) is 1. The molecule has 80 valence electrons. The van der Waals surface area contributed by atoms with Gasteiger partial charge in [-0.3, -0.25) is 4.79 Å². The van der Waals surface area contributed by atoms with Crippen LogP contribution in [0.15, 0.2) is 24.3 Å². The largest absolute Gasteiger partial charge is 0.481 e. The van der Waals surface area contributed by atoms with Gasteiger partial charge in [0, 0.05) is 11.5 Å². The first-order chi connectivity index (χ1) is 7.63. The lowest BCUT2D eigenvalue weighted by molar-refractivity contribution is -0.141. The normalized spacial score (nSPS) is 10.8. The summed E-state index contributed by atoms with van der Waals surface area (Å²) in [5.41, 5.74) is 1.71. The van der Waals surface area contributed by atoms with E-state index >= 15 is 0 Å². The Hall–Kier alpha value is -2.26. The zero-order valence-corrected chi connectivity index (χ0v) is 8.90. The third kappa shape index (κ3) is 3.48. The average molecular weight is 213 g/mol. The summed E-state index contributed by atoms with van der Waals surface area (Å²) in [7, 11) is 0. The fourth-order valence-electron chi connectivity index (χ4n) is 1.27. The van der Waals surface area contributed by atoms with Gasteiger partial charge in [0.1, 0.15) is 0 Å². The van der Waals surface area contributed by atoms with E-state index in [-0.39, 0.29) is 0 Å². The van der Waals surface area contributed by atoms with Crippen LogP contribution in [0.1, 0.15) is 18.1 Å². The van der Waals surface area contributed by atoms with E-state index < -0.39 is 11.9 Å². The Morgan fingerprint density at radius 1 is 1.44 bits per heavy atom. The molecule has 1 unspecified atom stereocenters. The van der Waals surface area contributed by atoms with Crippen molar-refractivity contribution < 1.29 is 9.90 Å². The molecule has 0 saturated carbocycles. The Morgan fingerprint density at radius 2 is 2.06 bits per heavy atom. The van der Waals surface area contributed by atoms with Crippen molar-refractivity contribution in [2.24, 2.45) is 5.92 Å². The van der Waals surface area contributed by atoms with E-state index in [0.29, 0.717) is 6.42 Å². The zero-order valence-electron chi connectivity index (χ0n) is 8.90. The van der Waals surface area contributed by atoms with E-state index in [1.54, 1.807) is 25.1 Å². The van der Waals surface area contributed by atoms with Gasteiger partial charge in [-0.2, -0.15) is 5.26 Å². The van der Waals surface area contributed by atoms with Crippen molar-refractivity contribution in [3.05, 3.63) is 35.4 Å². The lowest BCUT2D eigenvalue weighted by Crippen LogP contribution is -2.12. The highest BCUT2D eigenvalue weighted by Crippen LogP contribution is 2.09. The third-order valence-electron chi connectivity index (χ3n) is 2.18. The van der Waals surface area contributed by atoms with Crippen LogP contribution in [0.4, 0.5) is 0 Å². The first-order valence-electron chi connectivity index (χ1n) is 4.85. The molecule has 0 aromatic heterocycles. The molecule has 0 bridgehead atoms. The predicted octanol–water partition coefficient (Wildman–Crippen LogP) is 1.82. The molecule has 0 radical (unpaired) electrons. The molecule has 1 aromatic rings. The molecule has 1 rings (SSSR count). The van der Waals surface area contributed by atoms with E-state index in [0.717, 1.165) is 11.1 Å². The second kappa shape index (κ2) is 5.58. The number of benzene rings is 1. The van der Waals surface area contributed by atoms with Crippen LogP contribution in [-0.2, 0) is 11.2 Å². The summed E-state index contributed by atoms with van der Waals surface area (Å²) in [5.74, 6) is 3.78. The Labute approximate surface area is 94.3 Å². The number of nitriles is 1. The number of aliphatic carboxylic acids is 1. The zero-order chi connectivity index (χ0) is 12.0. The van der Waals surface area contributed by atoms with Crippen LogP contribution in [0.3, 0.4) is 0 Å². The molecule has 0 fully saturated rings. The predicted molar refractivity (Wildman–Crippen MR) is 59.4 cm³/mol. The summed E-state index contributed by atoms with van der Waals surface area (Å²) < 4.78 is 0. The van der Waals surface area contributed by atoms with E-state index in [1.807, 2.05) is 12.1 Å². The molecule has 1 N–H and O–H groups in total. The van der Waals surface area contributed by atoms with Crippen molar-refractivity contribution in [2.45, 2.75) is 13.3 Å². The van der Waals surface area contributed by atoms with Gasteiger partial charge >= 0.3 is 5.97 Å². The van der Waals surface area contributed by atoms with Gasteiger partial charge in [0.25, 0.3) is 0 Å². The summed E-state index contributed by atoms with van der Waals surface area (Å²) in [6, 6.07) is 8.98. The highest BCUT2D eigenvalue weighted by Gasteiger charge is 2.10. The van der Waals surface area contributed by atoms with E-state index in [9.17, 15) is 4.79 Å². The van der Waals surface area contributed by atoms with Crippen molar-refractivity contribution in [3.63, 3.8) is 0 Å². The number of hydrogen-bond acceptors (Lipinski definition) is 2. The van der Waals surface area contributed by atoms with Crippen LogP contribution in [0.2, 0.25) is 0 Å². The molecular weight excluding hydrogens is 202 g/mol. The van der Waals surface area contributed by atoms with E-state index in [2.05, 4.69) is 11.8 Å². The van der Waals surface area contributed by atoms with Crippen molar-refractivity contribution in [1.82, 2.24) is 0 Å². The lowest BCUT2D eigenvalue weighted by Gasteiger charge is -2.05. The third-order valence-corrected chi connectivity index (χ3v) is 2.18. The molecule has 3 nitrogen and oxygen atoms in total. The van der Waals surface area contributed by atoms with Gasteiger partial charge in [-0.05, 0) is 24.1 Å². The van der Waals surface area contributed by atoms with Gasteiger partial charge in [-0.15, -0.1) is 0 Å². The molecule has 0 heterocycles. The molecule has 0 aliphatic carbocycles. The van der Waals surface area contributed by atoms with Crippen LogP contribution >= 0.6 is 0 Å². The van der Waals surface area contributed by atoms with Crippen molar-refractivity contribution >= 4 is 5.97 Å². The fraction of sp³-hybridized carbons (Fsp3) is 0.231.